The minimum Gasteiger partial charge on any atom is -0.357 e. The number of rotatable bonds is 8. The highest BCUT2D eigenvalue weighted by molar-refractivity contribution is 5.95. The Morgan fingerprint density at radius 1 is 1.18 bits per heavy atom. The van der Waals surface area contributed by atoms with Crippen molar-refractivity contribution in [1.82, 2.24) is 15.5 Å². The van der Waals surface area contributed by atoms with E-state index in [1.807, 2.05) is 17.0 Å². The van der Waals surface area contributed by atoms with Gasteiger partial charge in [0.1, 0.15) is 0 Å². The van der Waals surface area contributed by atoms with Crippen molar-refractivity contribution < 1.29 is 4.79 Å². The summed E-state index contributed by atoms with van der Waals surface area (Å²) in [6.07, 6.45) is 7.04. The van der Waals surface area contributed by atoms with Crippen LogP contribution < -0.4 is 15.5 Å². The molecule has 1 saturated heterocycles. The van der Waals surface area contributed by atoms with E-state index in [4.69, 9.17) is 4.99 Å². The van der Waals surface area contributed by atoms with Gasteiger partial charge in [-0.05, 0) is 50.9 Å². The molecule has 6 nitrogen and oxygen atoms in total. The molecule has 0 unspecified atom stereocenters. The van der Waals surface area contributed by atoms with Crippen LogP contribution in [-0.2, 0) is 11.3 Å². The number of nitrogens with one attached hydrogen (secondary N) is 2. The average molecular weight is 386 g/mol. The summed E-state index contributed by atoms with van der Waals surface area (Å²) in [5.41, 5.74) is 2.14. The van der Waals surface area contributed by atoms with Crippen LogP contribution in [0.4, 0.5) is 5.69 Å². The molecule has 1 heterocycles. The fraction of sp³-hybridized carbons (Fsp3) is 0.636. The van der Waals surface area contributed by atoms with E-state index in [-0.39, 0.29) is 5.91 Å². The number of nitrogens with zero attached hydrogens (tertiary/aromatic N) is 3. The van der Waals surface area contributed by atoms with Gasteiger partial charge in [0.25, 0.3) is 0 Å². The third kappa shape index (κ3) is 5.71. The van der Waals surface area contributed by atoms with E-state index >= 15 is 0 Å². The Hall–Kier alpha value is -2.08. The molecule has 154 valence electrons. The number of benzene rings is 1. The zero-order valence-corrected chi connectivity index (χ0v) is 17.4. The van der Waals surface area contributed by atoms with Crippen LogP contribution in [0.15, 0.2) is 29.3 Å². The molecular weight excluding hydrogens is 350 g/mol. The standard InChI is InChI=1S/C22H35N5O/c1-3-23-22(24-14-16-26(2)19-7-4-5-8-19)25-17-18-10-12-20(13-11-18)27-15-6-9-21(27)28/h10-13,19H,3-9,14-17H2,1-2H3,(H2,23,24,25). The molecule has 2 fully saturated rings. The quantitative estimate of drug-likeness (QED) is 0.534. The highest BCUT2D eigenvalue weighted by Gasteiger charge is 2.21. The largest absolute Gasteiger partial charge is 0.357 e. The normalized spacial score (nSPS) is 18.3. The van der Waals surface area contributed by atoms with E-state index in [9.17, 15) is 4.79 Å². The van der Waals surface area contributed by atoms with Gasteiger partial charge in [-0.1, -0.05) is 25.0 Å². The molecule has 2 N–H and O–H groups in total. The van der Waals surface area contributed by atoms with Crippen molar-refractivity contribution in [3.8, 4) is 0 Å². The second kappa shape index (κ2) is 10.5. The predicted molar refractivity (Wildman–Crippen MR) is 116 cm³/mol. The number of hydrogen-bond donors (Lipinski definition) is 2. The van der Waals surface area contributed by atoms with Crippen molar-refractivity contribution in [3.63, 3.8) is 0 Å². The first-order valence-electron chi connectivity index (χ1n) is 10.8. The van der Waals surface area contributed by atoms with Crippen LogP contribution in [0.1, 0.15) is 51.0 Å². The van der Waals surface area contributed by atoms with Gasteiger partial charge < -0.3 is 20.4 Å². The van der Waals surface area contributed by atoms with Crippen LogP contribution in [0.3, 0.4) is 0 Å². The smallest absolute Gasteiger partial charge is 0.227 e. The molecule has 1 aromatic carbocycles. The first kappa shape index (κ1) is 20.6. The van der Waals surface area contributed by atoms with E-state index < -0.39 is 0 Å². The first-order chi connectivity index (χ1) is 13.7. The number of anilines is 1. The van der Waals surface area contributed by atoms with Gasteiger partial charge in [0.2, 0.25) is 5.91 Å². The minimum atomic E-state index is 0.229. The van der Waals surface area contributed by atoms with E-state index in [1.165, 1.54) is 25.7 Å². The van der Waals surface area contributed by atoms with Crippen LogP contribution in [0, 0.1) is 0 Å². The van der Waals surface area contributed by atoms with Crippen molar-refractivity contribution in [1.29, 1.82) is 0 Å². The second-order valence-electron chi connectivity index (χ2n) is 7.86. The van der Waals surface area contributed by atoms with Gasteiger partial charge >= 0.3 is 0 Å². The number of carbonyl (C=O) groups is 1. The number of amides is 1. The van der Waals surface area contributed by atoms with Crippen molar-refractivity contribution in [2.45, 2.75) is 58.0 Å². The minimum absolute atomic E-state index is 0.229. The highest BCUT2D eigenvalue weighted by Crippen LogP contribution is 2.22. The molecule has 2 aliphatic rings. The maximum Gasteiger partial charge on any atom is 0.227 e. The summed E-state index contributed by atoms with van der Waals surface area (Å²) in [5.74, 6) is 1.09. The van der Waals surface area contributed by atoms with Crippen molar-refractivity contribution >= 4 is 17.6 Å². The lowest BCUT2D eigenvalue weighted by Gasteiger charge is -2.24. The highest BCUT2D eigenvalue weighted by atomic mass is 16.2. The maximum atomic E-state index is 11.9. The van der Waals surface area contributed by atoms with Gasteiger partial charge in [0, 0.05) is 44.3 Å². The topological polar surface area (TPSA) is 60.0 Å². The van der Waals surface area contributed by atoms with Crippen LogP contribution in [-0.4, -0.2) is 56.0 Å². The van der Waals surface area contributed by atoms with Crippen LogP contribution in [0.2, 0.25) is 0 Å². The monoisotopic (exact) mass is 385 g/mol. The van der Waals surface area contributed by atoms with E-state index in [2.05, 4.69) is 41.6 Å². The van der Waals surface area contributed by atoms with Crippen molar-refractivity contribution in [2.75, 3.05) is 38.1 Å². The Kier molecular flexibility index (Phi) is 7.71. The lowest BCUT2D eigenvalue weighted by molar-refractivity contribution is -0.117. The van der Waals surface area contributed by atoms with Gasteiger partial charge in [-0.25, -0.2) is 4.99 Å². The molecule has 1 aliphatic carbocycles. The Morgan fingerprint density at radius 3 is 2.57 bits per heavy atom. The van der Waals surface area contributed by atoms with Gasteiger partial charge in [0.15, 0.2) is 5.96 Å². The van der Waals surface area contributed by atoms with Gasteiger partial charge in [-0.15, -0.1) is 0 Å². The molecule has 1 aromatic rings. The summed E-state index contributed by atoms with van der Waals surface area (Å²) in [6.45, 7) is 6.33. The molecule has 0 radical (unpaired) electrons. The summed E-state index contributed by atoms with van der Waals surface area (Å²) in [5, 5.41) is 6.78. The average Bonchev–Trinajstić information content (AvgIpc) is 3.38. The number of aliphatic imine (C=N–C) groups is 1. The summed E-state index contributed by atoms with van der Waals surface area (Å²) in [7, 11) is 2.23. The lowest BCUT2D eigenvalue weighted by Crippen LogP contribution is -2.42. The molecule has 1 amide bonds. The van der Waals surface area contributed by atoms with Gasteiger partial charge in [0.05, 0.1) is 6.54 Å². The van der Waals surface area contributed by atoms with Gasteiger partial charge in [-0.3, -0.25) is 4.79 Å². The number of likely N-dealkylation sites (N-methyl/N-ethyl adjacent to an activating group) is 1. The summed E-state index contributed by atoms with van der Waals surface area (Å²) < 4.78 is 0. The van der Waals surface area contributed by atoms with Crippen LogP contribution in [0.25, 0.3) is 0 Å². The number of carbonyl (C=O) groups excluding carboxylic acids is 1. The number of hydrogen-bond acceptors (Lipinski definition) is 3. The lowest BCUT2D eigenvalue weighted by atomic mass is 10.2. The van der Waals surface area contributed by atoms with Crippen LogP contribution >= 0.6 is 0 Å². The fourth-order valence-corrected chi connectivity index (χ4v) is 4.09. The molecule has 3 rings (SSSR count). The summed E-state index contributed by atoms with van der Waals surface area (Å²) >= 11 is 0. The molecule has 6 heteroatoms. The fourth-order valence-electron chi connectivity index (χ4n) is 4.09. The number of guanidine groups is 1. The maximum absolute atomic E-state index is 11.9. The molecular formula is C22H35N5O. The Morgan fingerprint density at radius 2 is 1.93 bits per heavy atom. The Labute approximate surface area is 169 Å². The third-order valence-corrected chi connectivity index (χ3v) is 5.79. The summed E-state index contributed by atoms with van der Waals surface area (Å²) in [4.78, 5) is 20.9. The Bertz CT molecular complexity index is 651. The van der Waals surface area contributed by atoms with E-state index in [1.54, 1.807) is 0 Å². The Balaban J connectivity index is 1.48. The van der Waals surface area contributed by atoms with Crippen molar-refractivity contribution in [3.05, 3.63) is 29.8 Å². The predicted octanol–water partition coefficient (Wildman–Crippen LogP) is 2.74. The second-order valence-corrected chi connectivity index (χ2v) is 7.86. The van der Waals surface area contributed by atoms with E-state index in [0.717, 1.165) is 55.9 Å². The van der Waals surface area contributed by atoms with Crippen LogP contribution in [0.5, 0.6) is 0 Å². The molecule has 28 heavy (non-hydrogen) atoms. The molecule has 1 saturated carbocycles. The zero-order chi connectivity index (χ0) is 19.8. The molecule has 0 aromatic heterocycles. The van der Waals surface area contributed by atoms with Crippen molar-refractivity contribution in [2.24, 2.45) is 4.99 Å². The first-order valence-corrected chi connectivity index (χ1v) is 10.8. The molecule has 0 spiro atoms. The SMILES string of the molecule is CCNC(=NCc1ccc(N2CCCC2=O)cc1)NCCN(C)C1CCCC1. The third-order valence-electron chi connectivity index (χ3n) is 5.79. The van der Waals surface area contributed by atoms with E-state index in [0.29, 0.717) is 13.0 Å². The summed E-state index contributed by atoms with van der Waals surface area (Å²) in [6, 6.07) is 8.96. The van der Waals surface area contributed by atoms with Gasteiger partial charge in [-0.2, -0.15) is 0 Å². The molecule has 1 aliphatic heterocycles. The molecule has 0 atom stereocenters. The molecule has 0 bridgehead atoms. The zero-order valence-electron chi connectivity index (χ0n) is 17.4.